The van der Waals surface area contributed by atoms with Gasteiger partial charge >= 0.3 is 12.1 Å². The number of amides is 1. The number of esters is 1. The van der Waals surface area contributed by atoms with Gasteiger partial charge in [0.1, 0.15) is 24.3 Å². The Morgan fingerprint density at radius 3 is 2.65 bits per heavy atom. The molecule has 7 nitrogen and oxygen atoms in total. The van der Waals surface area contributed by atoms with E-state index in [-0.39, 0.29) is 12.1 Å². The lowest BCUT2D eigenvalue weighted by molar-refractivity contribution is -0.175. The molecule has 10 heteroatoms. The van der Waals surface area contributed by atoms with E-state index in [2.05, 4.69) is 10.2 Å². The number of ether oxygens (including phenoxy) is 1. The molecule has 0 saturated carbocycles. The Bertz CT molecular complexity index is 671. The smallest absolute Gasteiger partial charge is 0.408 e. The Kier molecular flexibility index (Phi) is 4.71. The van der Waals surface area contributed by atoms with Crippen LogP contribution in [0.15, 0.2) is 10.9 Å². The second kappa shape index (κ2) is 6.39. The number of nitrogens with zero attached hydrogens (tertiary/aromatic N) is 1. The molecule has 2 heterocycles. The number of nitrogens with one attached hydrogen (secondary N) is 2. The van der Waals surface area contributed by atoms with Gasteiger partial charge in [-0.15, -0.1) is 0 Å². The number of carbonyl (C=O) groups excluding carboxylic acids is 2. The molecule has 126 valence electrons. The summed E-state index contributed by atoms with van der Waals surface area (Å²) in [6.07, 6.45) is -5.23. The topological polar surface area (TPSA) is 101 Å². The van der Waals surface area contributed by atoms with Crippen LogP contribution in [0.1, 0.15) is 24.2 Å². The summed E-state index contributed by atoms with van der Waals surface area (Å²) < 4.78 is 42.4. The summed E-state index contributed by atoms with van der Waals surface area (Å²) in [4.78, 5) is 35.0. The number of hydrogen-bond donors (Lipinski definition) is 2. The Morgan fingerprint density at radius 1 is 1.39 bits per heavy atom. The molecule has 1 aliphatic rings. The van der Waals surface area contributed by atoms with E-state index in [1.165, 1.54) is 6.07 Å². The molecule has 23 heavy (non-hydrogen) atoms. The van der Waals surface area contributed by atoms with Gasteiger partial charge in [0, 0.05) is 11.8 Å². The maximum absolute atomic E-state index is 12.5. The average molecular weight is 333 g/mol. The first-order chi connectivity index (χ1) is 10.7. The van der Waals surface area contributed by atoms with Crippen LogP contribution in [0.3, 0.4) is 0 Å². The van der Waals surface area contributed by atoms with Crippen molar-refractivity contribution in [1.29, 1.82) is 0 Å². The van der Waals surface area contributed by atoms with E-state index in [1.54, 1.807) is 12.2 Å². The third-order valence-electron chi connectivity index (χ3n) is 3.41. The first-order valence-corrected chi connectivity index (χ1v) is 6.77. The predicted molar refractivity (Wildman–Crippen MR) is 70.1 cm³/mol. The minimum Gasteiger partial charge on any atom is -0.458 e. The predicted octanol–water partition coefficient (Wildman–Crippen LogP) is 0.579. The lowest BCUT2D eigenvalue weighted by Gasteiger charge is -2.29. The highest BCUT2D eigenvalue weighted by molar-refractivity contribution is 5.98. The molecule has 1 saturated heterocycles. The molecule has 0 aromatic carbocycles. The monoisotopic (exact) mass is 333 g/mol. The molecule has 1 aliphatic heterocycles. The van der Waals surface area contributed by atoms with E-state index >= 15 is 0 Å². The molecular formula is C13H14F3N3O4. The fourth-order valence-corrected chi connectivity index (χ4v) is 2.15. The number of H-pyrrole nitrogens is 1. The van der Waals surface area contributed by atoms with Gasteiger partial charge in [-0.1, -0.05) is 0 Å². The number of rotatable bonds is 3. The van der Waals surface area contributed by atoms with Crippen molar-refractivity contribution >= 4 is 11.9 Å². The lowest BCUT2D eigenvalue weighted by atomic mass is 9.93. The van der Waals surface area contributed by atoms with Crippen LogP contribution in [0.4, 0.5) is 13.2 Å². The summed E-state index contributed by atoms with van der Waals surface area (Å²) in [5.74, 6) is -3.34. The number of alkyl halides is 3. The summed E-state index contributed by atoms with van der Waals surface area (Å²) in [6.45, 7) is 1.16. The van der Waals surface area contributed by atoms with Gasteiger partial charge in [0.25, 0.3) is 0 Å². The molecule has 0 aliphatic carbocycles. The van der Waals surface area contributed by atoms with Gasteiger partial charge in [-0.25, -0.2) is 0 Å². The van der Waals surface area contributed by atoms with Crippen molar-refractivity contribution in [3.05, 3.63) is 27.7 Å². The average Bonchev–Trinajstić information content (AvgIpc) is 2.45. The third-order valence-corrected chi connectivity index (χ3v) is 3.41. The summed E-state index contributed by atoms with van der Waals surface area (Å²) >= 11 is 0. The van der Waals surface area contributed by atoms with Crippen LogP contribution in [0.25, 0.3) is 0 Å². The van der Waals surface area contributed by atoms with E-state index in [4.69, 9.17) is 4.74 Å². The summed E-state index contributed by atoms with van der Waals surface area (Å²) in [5.41, 5.74) is 0.0162. The number of hydrogen-bond acceptors (Lipinski definition) is 5. The zero-order chi connectivity index (χ0) is 17.2. The van der Waals surface area contributed by atoms with Gasteiger partial charge in [-0.2, -0.15) is 18.3 Å². The zero-order valence-electron chi connectivity index (χ0n) is 12.1. The van der Waals surface area contributed by atoms with Crippen molar-refractivity contribution < 1.29 is 27.5 Å². The molecule has 2 N–H and O–H groups in total. The SMILES string of the molecule is Cc1cc(=O)c(COC(=O)C2CCC(C(F)(F)F)NC2=O)n[nH]1. The van der Waals surface area contributed by atoms with Gasteiger partial charge in [-0.05, 0) is 19.8 Å². The quantitative estimate of drug-likeness (QED) is 0.622. The number of piperidine rings is 1. The van der Waals surface area contributed by atoms with E-state index in [0.29, 0.717) is 5.69 Å². The van der Waals surface area contributed by atoms with Crippen LogP contribution < -0.4 is 10.7 Å². The normalized spacial score (nSPS) is 21.7. The molecule has 1 amide bonds. The number of aromatic amines is 1. The van der Waals surface area contributed by atoms with Gasteiger partial charge < -0.3 is 10.1 Å². The fraction of sp³-hybridized carbons (Fsp3) is 0.538. The maximum atomic E-state index is 12.5. The van der Waals surface area contributed by atoms with Gasteiger partial charge in [0.15, 0.2) is 0 Å². The van der Waals surface area contributed by atoms with Gasteiger partial charge in [0.05, 0.1) is 0 Å². The molecule has 2 atom stereocenters. The molecule has 1 fully saturated rings. The van der Waals surface area contributed by atoms with Crippen LogP contribution >= 0.6 is 0 Å². The van der Waals surface area contributed by atoms with E-state index in [1.807, 2.05) is 0 Å². The number of aryl methyl sites for hydroxylation is 1. The zero-order valence-corrected chi connectivity index (χ0v) is 12.1. The van der Waals surface area contributed by atoms with Gasteiger partial charge in [-0.3, -0.25) is 19.5 Å². The first kappa shape index (κ1) is 17.0. The van der Waals surface area contributed by atoms with Crippen molar-refractivity contribution in [2.24, 2.45) is 5.92 Å². The number of halogens is 3. The summed E-state index contributed by atoms with van der Waals surface area (Å²) in [6, 6.07) is -0.696. The third kappa shape index (κ3) is 4.08. The lowest BCUT2D eigenvalue weighted by Crippen LogP contribution is -2.53. The highest BCUT2D eigenvalue weighted by Crippen LogP contribution is 2.28. The first-order valence-electron chi connectivity index (χ1n) is 6.77. The highest BCUT2D eigenvalue weighted by atomic mass is 19.4. The molecule has 0 bridgehead atoms. The standard InChI is InChI=1S/C13H14F3N3O4/c1-6-4-9(20)8(19-18-6)5-23-12(22)7-2-3-10(13(14,15)16)17-11(7)21/h4,7,10H,2-3,5H2,1H3,(H,17,21)(H,18,20). The molecular weight excluding hydrogens is 319 g/mol. The van der Waals surface area contributed by atoms with Crippen LogP contribution in [0.2, 0.25) is 0 Å². The van der Waals surface area contributed by atoms with Crippen molar-refractivity contribution in [1.82, 2.24) is 15.5 Å². The fourth-order valence-electron chi connectivity index (χ4n) is 2.15. The summed E-state index contributed by atoms with van der Waals surface area (Å²) in [7, 11) is 0. The van der Waals surface area contributed by atoms with Crippen LogP contribution in [0, 0.1) is 12.8 Å². The van der Waals surface area contributed by atoms with Crippen LogP contribution in [-0.4, -0.2) is 34.3 Å². The minimum absolute atomic E-state index is 0.0617. The van der Waals surface area contributed by atoms with Crippen molar-refractivity contribution in [2.75, 3.05) is 0 Å². The largest absolute Gasteiger partial charge is 0.458 e. The molecule has 0 spiro atoms. The van der Waals surface area contributed by atoms with Crippen molar-refractivity contribution in [3.8, 4) is 0 Å². The Hall–Kier alpha value is -2.39. The molecule has 1 aromatic rings. The van der Waals surface area contributed by atoms with Crippen molar-refractivity contribution in [2.45, 2.75) is 38.6 Å². The van der Waals surface area contributed by atoms with Crippen molar-refractivity contribution in [3.63, 3.8) is 0 Å². The maximum Gasteiger partial charge on any atom is 0.408 e. The second-order valence-electron chi connectivity index (χ2n) is 5.20. The van der Waals surface area contributed by atoms with Gasteiger partial charge in [0.2, 0.25) is 11.3 Å². The van der Waals surface area contributed by atoms with E-state index < -0.39 is 48.5 Å². The number of carbonyl (C=O) groups is 2. The number of aromatic nitrogens is 2. The molecule has 2 unspecified atom stereocenters. The van der Waals surface area contributed by atoms with Crippen LogP contribution in [0.5, 0.6) is 0 Å². The molecule has 0 radical (unpaired) electrons. The highest BCUT2D eigenvalue weighted by Gasteiger charge is 2.46. The Labute approximate surface area is 128 Å². The summed E-state index contributed by atoms with van der Waals surface area (Å²) in [5, 5.41) is 7.98. The van der Waals surface area contributed by atoms with E-state index in [9.17, 15) is 27.6 Å². The Balaban J connectivity index is 1.94. The minimum atomic E-state index is -4.55. The van der Waals surface area contributed by atoms with E-state index in [0.717, 1.165) is 0 Å². The van der Waals surface area contributed by atoms with Crippen LogP contribution in [-0.2, 0) is 20.9 Å². The second-order valence-corrected chi connectivity index (χ2v) is 5.20. The molecule has 2 rings (SSSR count). The molecule has 1 aromatic heterocycles. The Morgan fingerprint density at radius 2 is 2.09 bits per heavy atom.